The highest BCUT2D eigenvalue weighted by Crippen LogP contribution is 2.67. The minimum Gasteiger partial charge on any atom is -0.459 e. The molecule has 0 aromatic heterocycles. The number of fused-ring (bicyclic) bond motifs is 9. The third-order valence-electron chi connectivity index (χ3n) is 8.80. The Morgan fingerprint density at radius 3 is 2.48 bits per heavy atom. The maximum atomic E-state index is 12.7. The van der Waals surface area contributed by atoms with E-state index in [1.807, 2.05) is 0 Å². The molecule has 0 amide bonds. The van der Waals surface area contributed by atoms with E-state index >= 15 is 0 Å². The molecule has 0 aromatic carbocycles. The van der Waals surface area contributed by atoms with E-state index in [1.165, 1.54) is 51.4 Å². The maximum absolute atomic E-state index is 12.7. The molecule has 0 aliphatic heterocycles. The molecule has 4 fully saturated rings. The second-order valence-electron chi connectivity index (χ2n) is 10.4. The third-order valence-corrected chi connectivity index (χ3v) is 8.80. The molecule has 0 N–H and O–H groups in total. The number of hydrogen-bond donors (Lipinski definition) is 0. The largest absolute Gasteiger partial charge is 0.459 e. The summed E-state index contributed by atoms with van der Waals surface area (Å²) >= 11 is 0. The normalized spacial score (nSPS) is 45.1. The lowest BCUT2D eigenvalue weighted by Gasteiger charge is -2.38. The molecule has 5 rings (SSSR count). The van der Waals surface area contributed by atoms with Crippen LogP contribution in [0.4, 0.5) is 0 Å². The number of ether oxygens (including phenoxy) is 1. The minimum absolute atomic E-state index is 0.0865. The molecule has 2 heteroatoms. The van der Waals surface area contributed by atoms with Gasteiger partial charge in [0, 0.05) is 6.42 Å². The Morgan fingerprint density at radius 1 is 1.00 bits per heavy atom. The summed E-state index contributed by atoms with van der Waals surface area (Å²) in [5.41, 5.74) is -0.271. The molecule has 4 bridgehead atoms. The van der Waals surface area contributed by atoms with Crippen LogP contribution < -0.4 is 0 Å². The van der Waals surface area contributed by atoms with E-state index in [1.54, 1.807) is 0 Å². The van der Waals surface area contributed by atoms with Crippen molar-refractivity contribution in [2.45, 2.75) is 77.2 Å². The molecule has 0 heterocycles. The summed E-state index contributed by atoms with van der Waals surface area (Å²) in [5, 5.41) is 0. The van der Waals surface area contributed by atoms with Crippen molar-refractivity contribution in [3.8, 4) is 0 Å². The van der Waals surface area contributed by atoms with E-state index in [0.29, 0.717) is 18.3 Å². The van der Waals surface area contributed by atoms with Crippen LogP contribution in [0.25, 0.3) is 0 Å². The van der Waals surface area contributed by atoms with Crippen LogP contribution in [0, 0.1) is 47.3 Å². The molecule has 7 unspecified atom stereocenters. The van der Waals surface area contributed by atoms with Crippen LogP contribution in [-0.2, 0) is 9.53 Å². The van der Waals surface area contributed by atoms with E-state index in [2.05, 4.69) is 26.0 Å². The summed E-state index contributed by atoms with van der Waals surface area (Å²) in [5.74, 6) is 6.54. The zero-order chi connectivity index (χ0) is 17.2. The van der Waals surface area contributed by atoms with Gasteiger partial charge in [-0.05, 0) is 93.3 Å². The first-order valence-electron chi connectivity index (χ1n) is 10.9. The second-order valence-corrected chi connectivity index (χ2v) is 10.4. The van der Waals surface area contributed by atoms with Gasteiger partial charge >= 0.3 is 5.97 Å². The highest BCUT2D eigenvalue weighted by Gasteiger charge is 2.61. The van der Waals surface area contributed by atoms with Gasteiger partial charge in [0.15, 0.2) is 0 Å². The maximum Gasteiger partial charge on any atom is 0.306 e. The first-order chi connectivity index (χ1) is 12.0. The highest BCUT2D eigenvalue weighted by atomic mass is 16.6. The van der Waals surface area contributed by atoms with Crippen molar-refractivity contribution in [1.82, 2.24) is 0 Å². The van der Waals surface area contributed by atoms with Crippen molar-refractivity contribution in [3.63, 3.8) is 0 Å². The molecule has 0 spiro atoms. The fourth-order valence-electron chi connectivity index (χ4n) is 7.82. The number of esters is 1. The van der Waals surface area contributed by atoms with Gasteiger partial charge in [-0.3, -0.25) is 4.79 Å². The zero-order valence-electron chi connectivity index (χ0n) is 16.0. The molecule has 7 atom stereocenters. The molecular formula is C23H34O2. The fraction of sp³-hybridized carbons (Fsp3) is 0.870. The van der Waals surface area contributed by atoms with Gasteiger partial charge in [-0.1, -0.05) is 31.4 Å². The average Bonchev–Trinajstić information content (AvgIpc) is 3.34. The molecular weight excluding hydrogens is 308 g/mol. The number of allylic oxidation sites excluding steroid dienone is 2. The van der Waals surface area contributed by atoms with Gasteiger partial charge in [0.2, 0.25) is 0 Å². The molecule has 0 aromatic rings. The molecule has 138 valence electrons. The van der Waals surface area contributed by atoms with Crippen LogP contribution in [0.2, 0.25) is 0 Å². The van der Waals surface area contributed by atoms with E-state index in [4.69, 9.17) is 4.74 Å². The van der Waals surface area contributed by atoms with Gasteiger partial charge in [-0.2, -0.15) is 0 Å². The molecule has 2 nitrogen and oxygen atoms in total. The van der Waals surface area contributed by atoms with Crippen molar-refractivity contribution in [2.24, 2.45) is 47.3 Å². The van der Waals surface area contributed by atoms with Crippen molar-refractivity contribution in [1.29, 1.82) is 0 Å². The van der Waals surface area contributed by atoms with E-state index in [-0.39, 0.29) is 11.6 Å². The van der Waals surface area contributed by atoms with E-state index < -0.39 is 0 Å². The Morgan fingerprint density at radius 2 is 1.72 bits per heavy atom. The van der Waals surface area contributed by atoms with Crippen LogP contribution in [-0.4, -0.2) is 11.6 Å². The van der Waals surface area contributed by atoms with Gasteiger partial charge < -0.3 is 4.74 Å². The van der Waals surface area contributed by atoms with Crippen LogP contribution in [0.15, 0.2) is 12.2 Å². The van der Waals surface area contributed by atoms with Crippen molar-refractivity contribution in [2.75, 3.05) is 0 Å². The van der Waals surface area contributed by atoms with Gasteiger partial charge in [0.1, 0.15) is 5.60 Å². The Bertz CT molecular complexity index is 571. The van der Waals surface area contributed by atoms with Gasteiger partial charge in [0.05, 0.1) is 0 Å². The Labute approximate surface area is 152 Å². The Balaban J connectivity index is 1.20. The van der Waals surface area contributed by atoms with Crippen molar-refractivity contribution >= 4 is 5.97 Å². The molecule has 5 aliphatic rings. The molecule has 4 saturated carbocycles. The fourth-order valence-corrected chi connectivity index (χ4v) is 7.82. The van der Waals surface area contributed by atoms with Crippen LogP contribution in [0.3, 0.4) is 0 Å². The number of carbonyl (C=O) groups is 1. The Hall–Kier alpha value is -0.790. The monoisotopic (exact) mass is 342 g/mol. The van der Waals surface area contributed by atoms with Gasteiger partial charge in [-0.25, -0.2) is 0 Å². The lowest BCUT2D eigenvalue weighted by atomic mass is 9.68. The van der Waals surface area contributed by atoms with E-state index in [9.17, 15) is 4.79 Å². The first kappa shape index (κ1) is 16.4. The molecule has 25 heavy (non-hydrogen) atoms. The summed E-state index contributed by atoms with van der Waals surface area (Å²) in [4.78, 5) is 12.7. The topological polar surface area (TPSA) is 26.3 Å². The van der Waals surface area contributed by atoms with Crippen LogP contribution in [0.1, 0.15) is 71.6 Å². The molecule has 5 aliphatic carbocycles. The smallest absolute Gasteiger partial charge is 0.306 e. The van der Waals surface area contributed by atoms with Crippen molar-refractivity contribution in [3.05, 3.63) is 12.2 Å². The standard InChI is InChI=1S/C23H34O2/c1-23(2,18-6-4-3-5-7-18)25-20(24)13-16-11-17-12-19(16)22-15-9-8-14(10-15)21(17)22/h8-9,14-19,21-22H,3-7,10-13H2,1-2H3. The van der Waals surface area contributed by atoms with Crippen LogP contribution in [0.5, 0.6) is 0 Å². The number of hydrogen-bond acceptors (Lipinski definition) is 2. The summed E-state index contributed by atoms with van der Waals surface area (Å²) in [7, 11) is 0. The molecule has 0 saturated heterocycles. The molecule has 0 radical (unpaired) electrons. The minimum atomic E-state index is -0.271. The second kappa shape index (κ2) is 5.86. The number of rotatable bonds is 4. The predicted molar refractivity (Wildman–Crippen MR) is 98.8 cm³/mol. The van der Waals surface area contributed by atoms with Gasteiger partial charge in [0.25, 0.3) is 0 Å². The average molecular weight is 343 g/mol. The lowest BCUT2D eigenvalue weighted by Crippen LogP contribution is -2.39. The van der Waals surface area contributed by atoms with Crippen molar-refractivity contribution < 1.29 is 9.53 Å². The van der Waals surface area contributed by atoms with Crippen LogP contribution >= 0.6 is 0 Å². The predicted octanol–water partition coefficient (Wildman–Crippen LogP) is 5.37. The highest BCUT2D eigenvalue weighted by molar-refractivity contribution is 5.70. The lowest BCUT2D eigenvalue weighted by molar-refractivity contribution is -0.165. The van der Waals surface area contributed by atoms with E-state index in [0.717, 1.165) is 35.5 Å². The SMILES string of the molecule is CC(C)(OC(=O)CC1CC2CC1C1C3C=CC(C3)C21)C1CCCCC1. The Kier molecular flexibility index (Phi) is 3.84. The summed E-state index contributed by atoms with van der Waals surface area (Å²) in [6.07, 6.45) is 16.2. The summed E-state index contributed by atoms with van der Waals surface area (Å²) in [6, 6.07) is 0. The summed E-state index contributed by atoms with van der Waals surface area (Å²) < 4.78 is 6.07. The third kappa shape index (κ3) is 2.61. The quantitative estimate of drug-likeness (QED) is 0.390. The summed E-state index contributed by atoms with van der Waals surface area (Å²) in [6.45, 7) is 4.30. The van der Waals surface area contributed by atoms with Gasteiger partial charge in [-0.15, -0.1) is 0 Å². The number of carbonyl (C=O) groups excluding carboxylic acids is 1. The zero-order valence-corrected chi connectivity index (χ0v) is 16.0. The first-order valence-corrected chi connectivity index (χ1v) is 10.9.